The molecule has 1 unspecified atom stereocenters. The van der Waals surface area contributed by atoms with E-state index in [1.807, 2.05) is 25.1 Å². The van der Waals surface area contributed by atoms with Crippen LogP contribution in [0.15, 0.2) is 30.3 Å². The van der Waals surface area contributed by atoms with E-state index in [9.17, 15) is 4.79 Å². The van der Waals surface area contributed by atoms with E-state index in [0.29, 0.717) is 18.4 Å². The third-order valence-corrected chi connectivity index (χ3v) is 5.19. The number of rotatable bonds is 3. The van der Waals surface area contributed by atoms with Crippen molar-refractivity contribution < 1.29 is 9.53 Å². The average molecular weight is 272 g/mol. The second kappa shape index (κ2) is 5.59. The third kappa shape index (κ3) is 2.06. The lowest BCUT2D eigenvalue weighted by molar-refractivity contribution is -0.147. The Labute approximate surface area is 121 Å². The zero-order valence-electron chi connectivity index (χ0n) is 12.3. The maximum atomic E-state index is 12.7. The third-order valence-electron chi connectivity index (χ3n) is 5.19. The van der Waals surface area contributed by atoms with E-state index >= 15 is 0 Å². The first-order chi connectivity index (χ1) is 9.81. The Morgan fingerprint density at radius 2 is 1.70 bits per heavy atom. The Hall–Kier alpha value is -1.31. The predicted molar refractivity (Wildman–Crippen MR) is 79.4 cm³/mol. The van der Waals surface area contributed by atoms with Crippen LogP contribution in [0.25, 0.3) is 0 Å². The molecule has 108 valence electrons. The van der Waals surface area contributed by atoms with E-state index in [0.717, 1.165) is 0 Å². The Balaban J connectivity index is 1.95. The standard InChI is InChI=1S/C18H24O2/c1-2-20-17(19)18(14-10-6-5-7-11-14)15-12-8-3-4-9-13-16(15)18/h5-7,10-11,15-16H,2-4,8-9,12-13H2,1H3/t15-,16+,18?. The molecule has 3 rings (SSSR count). The number of carbonyl (C=O) groups is 1. The van der Waals surface area contributed by atoms with Gasteiger partial charge in [0.1, 0.15) is 0 Å². The van der Waals surface area contributed by atoms with Crippen LogP contribution < -0.4 is 0 Å². The molecule has 0 N–H and O–H groups in total. The smallest absolute Gasteiger partial charge is 0.317 e. The molecule has 0 radical (unpaired) electrons. The van der Waals surface area contributed by atoms with Gasteiger partial charge in [-0.15, -0.1) is 0 Å². The van der Waals surface area contributed by atoms with Crippen LogP contribution in [-0.4, -0.2) is 12.6 Å². The summed E-state index contributed by atoms with van der Waals surface area (Å²) in [5.74, 6) is 1.02. The number of fused-ring (bicyclic) bond motifs is 1. The number of ether oxygens (including phenoxy) is 1. The molecule has 0 heterocycles. The van der Waals surface area contributed by atoms with Crippen LogP contribution in [0.2, 0.25) is 0 Å². The zero-order valence-corrected chi connectivity index (χ0v) is 12.3. The van der Waals surface area contributed by atoms with E-state index in [4.69, 9.17) is 4.74 Å². The Bertz CT molecular complexity index is 452. The summed E-state index contributed by atoms with van der Waals surface area (Å²) in [6.45, 7) is 2.38. The summed E-state index contributed by atoms with van der Waals surface area (Å²) in [6, 6.07) is 10.3. The lowest BCUT2D eigenvalue weighted by atomic mass is 9.90. The second-order valence-corrected chi connectivity index (χ2v) is 6.16. The van der Waals surface area contributed by atoms with Crippen molar-refractivity contribution in [1.82, 2.24) is 0 Å². The molecule has 20 heavy (non-hydrogen) atoms. The quantitative estimate of drug-likeness (QED) is 0.775. The van der Waals surface area contributed by atoms with Gasteiger partial charge in [-0.25, -0.2) is 0 Å². The molecule has 2 aliphatic carbocycles. The average Bonchev–Trinajstić information content (AvgIpc) is 3.07. The van der Waals surface area contributed by atoms with Gasteiger partial charge >= 0.3 is 5.97 Å². The fourth-order valence-corrected chi connectivity index (χ4v) is 4.29. The minimum atomic E-state index is -0.332. The number of carbonyl (C=O) groups excluding carboxylic acids is 1. The number of benzene rings is 1. The van der Waals surface area contributed by atoms with Crippen LogP contribution in [0.1, 0.15) is 51.0 Å². The highest BCUT2D eigenvalue weighted by Gasteiger charge is 2.69. The van der Waals surface area contributed by atoms with Crippen LogP contribution in [0.4, 0.5) is 0 Å². The lowest BCUT2D eigenvalue weighted by Gasteiger charge is -2.17. The molecule has 1 aromatic carbocycles. The van der Waals surface area contributed by atoms with E-state index in [1.54, 1.807) is 0 Å². The molecule has 0 spiro atoms. The van der Waals surface area contributed by atoms with Gasteiger partial charge in [0, 0.05) is 0 Å². The van der Waals surface area contributed by atoms with Gasteiger partial charge in [-0.2, -0.15) is 0 Å². The van der Waals surface area contributed by atoms with Gasteiger partial charge in [-0.1, -0.05) is 56.0 Å². The largest absolute Gasteiger partial charge is 0.465 e. The van der Waals surface area contributed by atoms with Crippen molar-refractivity contribution in [3.8, 4) is 0 Å². The maximum absolute atomic E-state index is 12.7. The Kier molecular flexibility index (Phi) is 3.82. The van der Waals surface area contributed by atoms with Gasteiger partial charge in [0.25, 0.3) is 0 Å². The molecule has 2 saturated carbocycles. The van der Waals surface area contributed by atoms with Gasteiger partial charge in [0.05, 0.1) is 12.0 Å². The number of hydrogen-bond acceptors (Lipinski definition) is 2. The number of hydrogen-bond donors (Lipinski definition) is 0. The molecule has 2 nitrogen and oxygen atoms in total. The van der Waals surface area contributed by atoms with Crippen molar-refractivity contribution in [2.24, 2.45) is 11.8 Å². The van der Waals surface area contributed by atoms with Crippen molar-refractivity contribution in [2.75, 3.05) is 6.61 Å². The van der Waals surface area contributed by atoms with Gasteiger partial charge < -0.3 is 4.74 Å². The molecule has 2 heteroatoms. The van der Waals surface area contributed by atoms with E-state index < -0.39 is 0 Å². The normalized spacial score (nSPS) is 32.6. The highest BCUT2D eigenvalue weighted by atomic mass is 16.5. The monoisotopic (exact) mass is 272 g/mol. The molecule has 2 fully saturated rings. The summed E-state index contributed by atoms with van der Waals surface area (Å²) >= 11 is 0. The van der Waals surface area contributed by atoms with Crippen molar-refractivity contribution in [2.45, 2.75) is 50.9 Å². The topological polar surface area (TPSA) is 26.3 Å². The molecule has 0 saturated heterocycles. The molecule has 0 amide bonds. The van der Waals surface area contributed by atoms with Gasteiger partial charge in [0.15, 0.2) is 0 Å². The summed E-state index contributed by atoms with van der Waals surface area (Å²) in [4.78, 5) is 12.7. The second-order valence-electron chi connectivity index (χ2n) is 6.16. The predicted octanol–water partition coefficient (Wildman–Crippen LogP) is 4.09. The van der Waals surface area contributed by atoms with Crippen molar-refractivity contribution in [3.63, 3.8) is 0 Å². The van der Waals surface area contributed by atoms with Crippen LogP contribution in [0.3, 0.4) is 0 Å². The summed E-state index contributed by atoms with van der Waals surface area (Å²) in [7, 11) is 0. The van der Waals surface area contributed by atoms with E-state index in [1.165, 1.54) is 44.1 Å². The summed E-state index contributed by atoms with van der Waals surface area (Å²) in [5, 5.41) is 0. The van der Waals surface area contributed by atoms with Gasteiger partial charge in [0.2, 0.25) is 0 Å². The molecule has 3 atom stereocenters. The Morgan fingerprint density at radius 1 is 1.10 bits per heavy atom. The minimum Gasteiger partial charge on any atom is -0.465 e. The van der Waals surface area contributed by atoms with Crippen LogP contribution in [0, 0.1) is 11.8 Å². The highest BCUT2D eigenvalue weighted by Crippen LogP contribution is 2.65. The lowest BCUT2D eigenvalue weighted by Crippen LogP contribution is -2.27. The zero-order chi connectivity index (χ0) is 14.0. The fourth-order valence-electron chi connectivity index (χ4n) is 4.29. The summed E-state index contributed by atoms with van der Waals surface area (Å²) in [6.07, 6.45) is 7.51. The molecular weight excluding hydrogens is 248 g/mol. The molecule has 0 bridgehead atoms. The van der Waals surface area contributed by atoms with Gasteiger partial charge in [-0.3, -0.25) is 4.79 Å². The molecule has 2 aliphatic rings. The summed E-state index contributed by atoms with van der Waals surface area (Å²) in [5.41, 5.74) is 0.845. The molecule has 0 aromatic heterocycles. The fraction of sp³-hybridized carbons (Fsp3) is 0.611. The van der Waals surface area contributed by atoms with Crippen LogP contribution in [-0.2, 0) is 14.9 Å². The molecule has 0 aliphatic heterocycles. The van der Waals surface area contributed by atoms with Crippen molar-refractivity contribution >= 4 is 5.97 Å². The van der Waals surface area contributed by atoms with E-state index in [2.05, 4.69) is 12.1 Å². The molecule has 1 aromatic rings. The SMILES string of the molecule is CCOC(=O)C1(c2ccccc2)[C@@H]2CCCCCC[C@@H]21. The maximum Gasteiger partial charge on any atom is 0.317 e. The van der Waals surface area contributed by atoms with Crippen molar-refractivity contribution in [1.29, 1.82) is 0 Å². The van der Waals surface area contributed by atoms with Crippen LogP contribution >= 0.6 is 0 Å². The van der Waals surface area contributed by atoms with Crippen molar-refractivity contribution in [3.05, 3.63) is 35.9 Å². The molecular formula is C18H24O2. The van der Waals surface area contributed by atoms with Gasteiger partial charge in [-0.05, 0) is 37.2 Å². The van der Waals surface area contributed by atoms with E-state index in [-0.39, 0.29) is 11.4 Å². The Morgan fingerprint density at radius 3 is 2.25 bits per heavy atom. The summed E-state index contributed by atoms with van der Waals surface area (Å²) < 4.78 is 5.46. The highest BCUT2D eigenvalue weighted by molar-refractivity contribution is 5.88. The minimum absolute atomic E-state index is 0.0168. The first-order valence-corrected chi connectivity index (χ1v) is 8.04. The van der Waals surface area contributed by atoms with Crippen LogP contribution in [0.5, 0.6) is 0 Å². The number of esters is 1. The first kappa shape index (κ1) is 13.7. The first-order valence-electron chi connectivity index (χ1n) is 8.04.